The maximum Gasteiger partial charge on any atom is 0.152 e. The number of nitrogens with one attached hydrogen (secondary N) is 1. The molecule has 1 N–H and O–H groups in total. The van der Waals surface area contributed by atoms with Gasteiger partial charge in [-0.3, -0.25) is 4.79 Å². The second kappa shape index (κ2) is 4.43. The van der Waals surface area contributed by atoms with Crippen molar-refractivity contribution in [2.45, 2.75) is 50.5 Å². The first-order valence-electron chi connectivity index (χ1n) is 5.12. The van der Waals surface area contributed by atoms with Crippen molar-refractivity contribution in [1.29, 1.82) is 0 Å². The summed E-state index contributed by atoms with van der Waals surface area (Å²) in [6.07, 6.45) is 7.82. The Balaban J connectivity index is 0.000000845. The van der Waals surface area contributed by atoms with Crippen LogP contribution >= 0.6 is 12.4 Å². The number of piperidine rings is 1. The van der Waals surface area contributed by atoms with E-state index >= 15 is 0 Å². The molecule has 1 aliphatic heterocycles. The molecule has 76 valence electrons. The molecular weight excluding hydrogens is 186 g/mol. The molecule has 2 aliphatic rings. The molecule has 0 radical (unpaired) electrons. The van der Waals surface area contributed by atoms with Gasteiger partial charge in [-0.2, -0.15) is 0 Å². The molecule has 2 rings (SSSR count). The Labute approximate surface area is 85.9 Å². The highest BCUT2D eigenvalue weighted by Crippen LogP contribution is 2.31. The minimum absolute atomic E-state index is 0. The van der Waals surface area contributed by atoms with Crippen LogP contribution in [0.2, 0.25) is 0 Å². The predicted octanol–water partition coefficient (Wildman–Crippen LogP) is 2.06. The number of halogens is 1. The van der Waals surface area contributed by atoms with Gasteiger partial charge in [0, 0.05) is 6.42 Å². The minimum Gasteiger partial charge on any atom is -0.305 e. The number of hydrogen-bond acceptors (Lipinski definition) is 2. The summed E-state index contributed by atoms with van der Waals surface area (Å²) in [5.41, 5.74) is -0.0729. The standard InChI is InChI=1S/C10H17NO.ClH/c12-9-5-4-8-11-10(9)6-2-1-3-7-10;/h11H,1-8H2;1H. The van der Waals surface area contributed by atoms with Crippen molar-refractivity contribution in [1.82, 2.24) is 5.32 Å². The summed E-state index contributed by atoms with van der Waals surface area (Å²) in [6.45, 7) is 1.05. The minimum atomic E-state index is -0.0729. The zero-order chi connectivity index (χ0) is 8.44. The fourth-order valence-electron chi connectivity index (χ4n) is 2.53. The van der Waals surface area contributed by atoms with Crippen molar-refractivity contribution in [3.05, 3.63) is 0 Å². The topological polar surface area (TPSA) is 29.1 Å². The fourth-order valence-corrected chi connectivity index (χ4v) is 2.53. The van der Waals surface area contributed by atoms with Crippen LogP contribution in [0.3, 0.4) is 0 Å². The quantitative estimate of drug-likeness (QED) is 0.653. The number of Topliss-reactive ketones (excluding diaryl/α,β-unsaturated/α-hetero) is 1. The summed E-state index contributed by atoms with van der Waals surface area (Å²) in [5.74, 6) is 0.480. The van der Waals surface area contributed by atoms with Crippen LogP contribution in [-0.2, 0) is 4.79 Å². The van der Waals surface area contributed by atoms with Crippen LogP contribution in [0.1, 0.15) is 44.9 Å². The maximum atomic E-state index is 11.7. The Morgan fingerprint density at radius 3 is 2.38 bits per heavy atom. The van der Waals surface area contributed by atoms with Gasteiger partial charge in [-0.15, -0.1) is 12.4 Å². The first-order valence-corrected chi connectivity index (χ1v) is 5.12. The number of carbonyl (C=O) groups excluding carboxylic acids is 1. The molecular formula is C10H18ClNO. The summed E-state index contributed by atoms with van der Waals surface area (Å²) >= 11 is 0. The smallest absolute Gasteiger partial charge is 0.152 e. The molecule has 1 saturated heterocycles. The van der Waals surface area contributed by atoms with Gasteiger partial charge in [0.1, 0.15) is 0 Å². The molecule has 0 aromatic heterocycles. The van der Waals surface area contributed by atoms with E-state index in [1.807, 2.05) is 0 Å². The normalized spacial score (nSPS) is 26.9. The average molecular weight is 204 g/mol. The van der Waals surface area contributed by atoms with E-state index in [1.165, 1.54) is 19.3 Å². The molecule has 1 heterocycles. The Kier molecular flexibility index (Phi) is 3.74. The van der Waals surface area contributed by atoms with E-state index in [0.717, 1.165) is 32.2 Å². The second-order valence-electron chi connectivity index (χ2n) is 4.10. The molecule has 1 saturated carbocycles. The Hall–Kier alpha value is -0.0800. The molecule has 0 aromatic carbocycles. The summed E-state index contributed by atoms with van der Waals surface area (Å²) in [7, 11) is 0. The van der Waals surface area contributed by atoms with E-state index in [-0.39, 0.29) is 17.9 Å². The Bertz CT molecular complexity index is 179. The zero-order valence-electron chi connectivity index (χ0n) is 7.97. The van der Waals surface area contributed by atoms with Gasteiger partial charge in [-0.25, -0.2) is 0 Å². The van der Waals surface area contributed by atoms with E-state index in [0.29, 0.717) is 5.78 Å². The second-order valence-corrected chi connectivity index (χ2v) is 4.10. The van der Waals surface area contributed by atoms with Gasteiger partial charge in [0.05, 0.1) is 5.54 Å². The highest BCUT2D eigenvalue weighted by atomic mass is 35.5. The third-order valence-electron chi connectivity index (χ3n) is 3.28. The average Bonchev–Trinajstić information content (AvgIpc) is 2.12. The van der Waals surface area contributed by atoms with Crippen molar-refractivity contribution < 1.29 is 4.79 Å². The number of hydrogen-bond donors (Lipinski definition) is 1. The molecule has 0 bridgehead atoms. The van der Waals surface area contributed by atoms with E-state index in [4.69, 9.17) is 0 Å². The van der Waals surface area contributed by atoms with Crippen LogP contribution in [0.5, 0.6) is 0 Å². The largest absolute Gasteiger partial charge is 0.305 e. The predicted molar refractivity (Wildman–Crippen MR) is 55.3 cm³/mol. The van der Waals surface area contributed by atoms with Crippen LogP contribution < -0.4 is 5.32 Å². The van der Waals surface area contributed by atoms with Crippen LogP contribution in [0, 0.1) is 0 Å². The monoisotopic (exact) mass is 203 g/mol. The third kappa shape index (κ3) is 2.05. The van der Waals surface area contributed by atoms with Gasteiger partial charge in [0.15, 0.2) is 5.78 Å². The Morgan fingerprint density at radius 2 is 1.77 bits per heavy atom. The lowest BCUT2D eigenvalue weighted by Gasteiger charge is -2.39. The number of ketones is 1. The first kappa shape index (κ1) is 11.0. The maximum absolute atomic E-state index is 11.7. The van der Waals surface area contributed by atoms with Crippen molar-refractivity contribution in [2.24, 2.45) is 0 Å². The molecule has 1 spiro atoms. The first-order chi connectivity index (χ1) is 5.83. The van der Waals surface area contributed by atoms with Crippen LogP contribution in [0.25, 0.3) is 0 Å². The lowest BCUT2D eigenvalue weighted by Crippen LogP contribution is -2.56. The third-order valence-corrected chi connectivity index (χ3v) is 3.28. The van der Waals surface area contributed by atoms with Gasteiger partial charge < -0.3 is 5.32 Å². The highest BCUT2D eigenvalue weighted by Gasteiger charge is 2.39. The molecule has 0 atom stereocenters. The number of carbonyl (C=O) groups is 1. The van der Waals surface area contributed by atoms with Gasteiger partial charge in [-0.1, -0.05) is 19.3 Å². The molecule has 0 amide bonds. The van der Waals surface area contributed by atoms with Gasteiger partial charge in [-0.05, 0) is 25.8 Å². The summed E-state index contributed by atoms with van der Waals surface area (Å²) in [5, 5.41) is 3.43. The van der Waals surface area contributed by atoms with Crippen molar-refractivity contribution >= 4 is 18.2 Å². The summed E-state index contributed by atoms with van der Waals surface area (Å²) in [6, 6.07) is 0. The molecule has 3 heteroatoms. The summed E-state index contributed by atoms with van der Waals surface area (Å²) < 4.78 is 0. The van der Waals surface area contributed by atoms with Crippen molar-refractivity contribution in [3.8, 4) is 0 Å². The summed E-state index contributed by atoms with van der Waals surface area (Å²) in [4.78, 5) is 11.7. The zero-order valence-corrected chi connectivity index (χ0v) is 8.79. The van der Waals surface area contributed by atoms with Gasteiger partial charge >= 0.3 is 0 Å². The molecule has 2 nitrogen and oxygen atoms in total. The number of rotatable bonds is 0. The lowest BCUT2D eigenvalue weighted by atomic mass is 9.75. The van der Waals surface area contributed by atoms with E-state index in [9.17, 15) is 4.79 Å². The highest BCUT2D eigenvalue weighted by molar-refractivity contribution is 5.89. The molecule has 0 unspecified atom stereocenters. The van der Waals surface area contributed by atoms with Crippen LogP contribution in [0.4, 0.5) is 0 Å². The van der Waals surface area contributed by atoms with E-state index < -0.39 is 0 Å². The Morgan fingerprint density at radius 1 is 1.08 bits per heavy atom. The van der Waals surface area contributed by atoms with Gasteiger partial charge in [0.25, 0.3) is 0 Å². The van der Waals surface area contributed by atoms with E-state index in [2.05, 4.69) is 5.32 Å². The van der Waals surface area contributed by atoms with Crippen LogP contribution in [0.15, 0.2) is 0 Å². The molecule has 13 heavy (non-hydrogen) atoms. The van der Waals surface area contributed by atoms with Crippen LogP contribution in [-0.4, -0.2) is 17.9 Å². The van der Waals surface area contributed by atoms with Crippen molar-refractivity contribution in [3.63, 3.8) is 0 Å². The molecule has 0 aromatic rings. The van der Waals surface area contributed by atoms with Crippen molar-refractivity contribution in [2.75, 3.05) is 6.54 Å². The van der Waals surface area contributed by atoms with Gasteiger partial charge in [0.2, 0.25) is 0 Å². The fraction of sp³-hybridized carbons (Fsp3) is 0.900. The SMILES string of the molecule is Cl.O=C1CCCNC12CCCCC2. The lowest BCUT2D eigenvalue weighted by molar-refractivity contribution is -0.128. The van der Waals surface area contributed by atoms with E-state index in [1.54, 1.807) is 0 Å². The molecule has 2 fully saturated rings. The molecule has 1 aliphatic carbocycles.